The molecular weight excluding hydrogens is 160 g/mol. The zero-order valence-electron chi connectivity index (χ0n) is 6.46. The van der Waals surface area contributed by atoms with E-state index in [0.717, 1.165) is 13.1 Å². The first-order valence-electron chi connectivity index (χ1n) is 3.58. The molecule has 1 fully saturated rings. The third-order valence-electron chi connectivity index (χ3n) is 1.25. The molecule has 2 aliphatic rings. The molecule has 0 aromatic carbocycles. The van der Waals surface area contributed by atoms with Crippen LogP contribution in [0.3, 0.4) is 0 Å². The summed E-state index contributed by atoms with van der Waals surface area (Å²) in [5, 5.41) is 7.53. The first kappa shape index (κ1) is 8.51. The van der Waals surface area contributed by atoms with Crippen LogP contribution in [0.2, 0.25) is 0 Å². The van der Waals surface area contributed by atoms with E-state index in [9.17, 15) is 9.59 Å². The Bertz CT molecular complexity index is 194. The minimum absolute atomic E-state index is 0.0185. The van der Waals surface area contributed by atoms with Crippen molar-refractivity contribution in [2.75, 3.05) is 19.6 Å². The van der Waals surface area contributed by atoms with Crippen LogP contribution in [0.25, 0.3) is 0 Å². The number of hydrogen-bond acceptors (Lipinski definition) is 3. The average molecular weight is 170 g/mol. The van der Waals surface area contributed by atoms with E-state index >= 15 is 0 Å². The van der Waals surface area contributed by atoms with Crippen LogP contribution in [0, 0.1) is 0 Å². The van der Waals surface area contributed by atoms with Crippen molar-refractivity contribution in [2.45, 2.75) is 0 Å². The largest absolute Gasteiger partial charge is 0.336 e. The van der Waals surface area contributed by atoms with Crippen LogP contribution in [0.4, 0.5) is 4.79 Å². The number of nitrogens with one attached hydrogen (secondary N) is 3. The number of amides is 3. The Morgan fingerprint density at radius 3 is 2.08 bits per heavy atom. The van der Waals surface area contributed by atoms with Crippen LogP contribution in [0.1, 0.15) is 0 Å². The van der Waals surface area contributed by atoms with Gasteiger partial charge in [0.15, 0.2) is 0 Å². The van der Waals surface area contributed by atoms with Crippen molar-refractivity contribution < 1.29 is 9.59 Å². The molecule has 0 aromatic rings. The Kier molecular flexibility index (Phi) is 3.06. The molecule has 2 rings (SSSR count). The van der Waals surface area contributed by atoms with Gasteiger partial charge in [-0.05, 0) is 0 Å². The molecule has 0 bridgehead atoms. The van der Waals surface area contributed by atoms with Crippen LogP contribution < -0.4 is 16.0 Å². The Morgan fingerprint density at radius 1 is 1.25 bits per heavy atom. The number of rotatable bonds is 0. The van der Waals surface area contributed by atoms with E-state index in [1.807, 2.05) is 0 Å². The molecule has 0 spiro atoms. The summed E-state index contributed by atoms with van der Waals surface area (Å²) in [7, 11) is 0. The molecule has 0 aromatic heterocycles. The van der Waals surface area contributed by atoms with Gasteiger partial charge in [-0.15, -0.1) is 0 Å². The third-order valence-corrected chi connectivity index (χ3v) is 1.25. The maximum Gasteiger partial charge on any atom is 0.314 e. The van der Waals surface area contributed by atoms with Gasteiger partial charge in [-0.25, -0.2) is 4.79 Å². The van der Waals surface area contributed by atoms with Crippen LogP contribution in [-0.4, -0.2) is 37.9 Å². The quantitative estimate of drug-likeness (QED) is 0.411. The summed E-state index contributed by atoms with van der Waals surface area (Å²) in [6.07, 6.45) is 1.41. The van der Waals surface area contributed by atoms with E-state index in [4.69, 9.17) is 0 Å². The smallest absolute Gasteiger partial charge is 0.314 e. The fraction of sp³-hybridized carbons (Fsp3) is 0.500. The number of hydrogen-bond donors (Lipinski definition) is 3. The van der Waals surface area contributed by atoms with Crippen LogP contribution >= 0.6 is 0 Å². The van der Waals surface area contributed by atoms with Gasteiger partial charge < -0.3 is 16.0 Å². The van der Waals surface area contributed by atoms with Crippen molar-refractivity contribution in [3.8, 4) is 0 Å². The van der Waals surface area contributed by atoms with Crippen LogP contribution in [0.15, 0.2) is 4.99 Å². The second-order valence-electron chi connectivity index (χ2n) is 2.22. The lowest BCUT2D eigenvalue weighted by Gasteiger charge is -1.80. The van der Waals surface area contributed by atoms with E-state index in [-0.39, 0.29) is 11.9 Å². The van der Waals surface area contributed by atoms with Crippen molar-refractivity contribution in [2.24, 2.45) is 4.99 Å². The third kappa shape index (κ3) is 3.00. The Hall–Kier alpha value is -1.59. The highest BCUT2D eigenvalue weighted by atomic mass is 16.2. The lowest BCUT2D eigenvalue weighted by Crippen LogP contribution is -2.20. The van der Waals surface area contributed by atoms with Gasteiger partial charge in [-0.1, -0.05) is 0 Å². The molecule has 6 heteroatoms. The van der Waals surface area contributed by atoms with Crippen molar-refractivity contribution >= 4 is 18.3 Å². The fourth-order valence-electron chi connectivity index (χ4n) is 0.706. The van der Waals surface area contributed by atoms with Gasteiger partial charge in [0, 0.05) is 13.1 Å². The summed E-state index contributed by atoms with van der Waals surface area (Å²) in [6, 6.07) is -0.0463. The number of carbonyl (C=O) groups excluding carboxylic acids is 2. The number of urea groups is 1. The van der Waals surface area contributed by atoms with Crippen molar-refractivity contribution in [1.82, 2.24) is 16.0 Å². The SMILES string of the molecule is O=C1CN=CN1.O=C1NCCN1. The number of aliphatic imine (C=N–C) groups is 1. The second-order valence-corrected chi connectivity index (χ2v) is 2.22. The molecule has 0 aliphatic carbocycles. The normalized spacial score (nSPS) is 19.0. The van der Waals surface area contributed by atoms with Crippen molar-refractivity contribution in [3.05, 3.63) is 0 Å². The summed E-state index contributed by atoms with van der Waals surface area (Å²) in [5.41, 5.74) is 0. The molecule has 3 N–H and O–H groups in total. The first-order chi connectivity index (χ1) is 5.79. The molecule has 0 saturated carbocycles. The van der Waals surface area contributed by atoms with Gasteiger partial charge in [-0.2, -0.15) is 0 Å². The fourth-order valence-corrected chi connectivity index (χ4v) is 0.706. The Morgan fingerprint density at radius 2 is 1.92 bits per heavy atom. The molecular formula is C6H10N4O2. The Balaban J connectivity index is 0.000000120. The first-order valence-corrected chi connectivity index (χ1v) is 3.58. The topological polar surface area (TPSA) is 82.6 Å². The van der Waals surface area contributed by atoms with Crippen molar-refractivity contribution in [3.63, 3.8) is 0 Å². The predicted octanol–water partition coefficient (Wildman–Crippen LogP) is -1.56. The monoisotopic (exact) mass is 170 g/mol. The Labute approximate surface area is 69.4 Å². The van der Waals surface area contributed by atoms with E-state index in [2.05, 4.69) is 20.9 Å². The molecule has 12 heavy (non-hydrogen) atoms. The van der Waals surface area contributed by atoms with Gasteiger partial charge >= 0.3 is 6.03 Å². The minimum Gasteiger partial charge on any atom is -0.336 e. The summed E-state index contributed by atoms with van der Waals surface area (Å²) in [4.78, 5) is 23.6. The minimum atomic E-state index is -0.0463. The molecule has 2 heterocycles. The summed E-state index contributed by atoms with van der Waals surface area (Å²) >= 11 is 0. The van der Waals surface area contributed by atoms with Gasteiger partial charge in [0.05, 0.1) is 6.34 Å². The molecule has 0 unspecified atom stereocenters. The predicted molar refractivity (Wildman–Crippen MR) is 42.9 cm³/mol. The highest BCUT2D eigenvalue weighted by Gasteiger charge is 2.03. The molecule has 1 saturated heterocycles. The molecule has 6 nitrogen and oxygen atoms in total. The van der Waals surface area contributed by atoms with E-state index in [0.29, 0.717) is 6.54 Å². The van der Waals surface area contributed by atoms with Gasteiger partial charge in [0.2, 0.25) is 5.91 Å². The van der Waals surface area contributed by atoms with E-state index in [1.54, 1.807) is 0 Å². The lowest BCUT2D eigenvalue weighted by atomic mass is 10.7. The maximum atomic E-state index is 10.0. The standard InChI is InChI=1S/C3H4N2O.C3H6N2O/c6-3-1-4-2-5-3;6-3-4-1-2-5-3/h2H,1H2,(H,4,5,6);1-2H2,(H2,4,5,6). The van der Waals surface area contributed by atoms with E-state index in [1.165, 1.54) is 6.34 Å². The zero-order chi connectivity index (χ0) is 8.81. The van der Waals surface area contributed by atoms with Gasteiger partial charge in [-0.3, -0.25) is 9.79 Å². The second kappa shape index (κ2) is 4.32. The zero-order valence-corrected chi connectivity index (χ0v) is 6.46. The average Bonchev–Trinajstić information content (AvgIpc) is 2.63. The molecule has 3 amide bonds. The van der Waals surface area contributed by atoms with Crippen molar-refractivity contribution in [1.29, 1.82) is 0 Å². The van der Waals surface area contributed by atoms with E-state index < -0.39 is 0 Å². The highest BCUT2D eigenvalue weighted by Crippen LogP contribution is 1.73. The number of carbonyl (C=O) groups is 2. The van der Waals surface area contributed by atoms with Gasteiger partial charge in [0.25, 0.3) is 0 Å². The van der Waals surface area contributed by atoms with Crippen LogP contribution in [0.5, 0.6) is 0 Å². The lowest BCUT2D eigenvalue weighted by molar-refractivity contribution is -0.117. The molecule has 0 atom stereocenters. The molecule has 0 radical (unpaired) electrons. The summed E-state index contributed by atoms with van der Waals surface area (Å²) in [6.45, 7) is 1.86. The summed E-state index contributed by atoms with van der Waals surface area (Å²) in [5.74, 6) is -0.0185. The summed E-state index contributed by atoms with van der Waals surface area (Å²) < 4.78 is 0. The number of nitrogens with zero attached hydrogens (tertiary/aromatic N) is 1. The van der Waals surface area contributed by atoms with Crippen LogP contribution in [-0.2, 0) is 4.79 Å². The highest BCUT2D eigenvalue weighted by molar-refractivity contribution is 5.93. The molecule has 2 aliphatic heterocycles. The molecule has 66 valence electrons. The maximum absolute atomic E-state index is 10.0. The van der Waals surface area contributed by atoms with Gasteiger partial charge in [0.1, 0.15) is 6.54 Å².